The lowest BCUT2D eigenvalue weighted by atomic mass is 9.93. The van der Waals surface area contributed by atoms with Crippen LogP contribution in [0, 0.1) is 6.92 Å². The number of nitrogens with two attached hydrogens (primary N) is 1. The fourth-order valence-corrected chi connectivity index (χ4v) is 2.96. The van der Waals surface area contributed by atoms with E-state index in [0.717, 1.165) is 13.0 Å². The summed E-state index contributed by atoms with van der Waals surface area (Å²) in [7, 11) is 4.36. The molecule has 0 aliphatic carbocycles. The first kappa shape index (κ1) is 13.4. The van der Waals surface area contributed by atoms with E-state index in [1.165, 1.54) is 11.3 Å². The van der Waals surface area contributed by atoms with Crippen molar-refractivity contribution in [3.8, 4) is 0 Å². The fourth-order valence-electron chi connectivity index (χ4n) is 2.96. The Bertz CT molecular complexity index is 389. The highest BCUT2D eigenvalue weighted by Crippen LogP contribution is 2.33. The number of nitrogens with zero attached hydrogens (tertiary/aromatic N) is 2. The molecule has 0 radical (unpaired) electrons. The first-order valence-corrected chi connectivity index (χ1v) is 6.69. The van der Waals surface area contributed by atoms with Gasteiger partial charge in [-0.1, -0.05) is 17.7 Å². The van der Waals surface area contributed by atoms with Gasteiger partial charge in [0.25, 0.3) is 0 Å². The Balaban J connectivity index is 2.25. The van der Waals surface area contributed by atoms with Crippen LogP contribution in [0.1, 0.15) is 18.9 Å². The minimum atomic E-state index is 0.0728. The van der Waals surface area contributed by atoms with Gasteiger partial charge < -0.3 is 15.5 Å². The number of hydrogen-bond donors (Lipinski definition) is 1. The highest BCUT2D eigenvalue weighted by Gasteiger charge is 2.42. The van der Waals surface area contributed by atoms with Gasteiger partial charge in [0, 0.05) is 31.9 Å². The van der Waals surface area contributed by atoms with Crippen molar-refractivity contribution >= 4 is 5.69 Å². The summed E-state index contributed by atoms with van der Waals surface area (Å²) in [5, 5.41) is 0. The summed E-state index contributed by atoms with van der Waals surface area (Å²) < 4.78 is 0. The van der Waals surface area contributed by atoms with Crippen molar-refractivity contribution < 1.29 is 0 Å². The van der Waals surface area contributed by atoms with Crippen LogP contribution in [0.25, 0.3) is 0 Å². The summed E-state index contributed by atoms with van der Waals surface area (Å²) in [4.78, 5) is 4.77. The zero-order valence-electron chi connectivity index (χ0n) is 12.0. The molecule has 2 atom stereocenters. The van der Waals surface area contributed by atoms with Gasteiger partial charge in [-0.05, 0) is 39.4 Å². The minimum Gasteiger partial charge on any atom is -0.366 e. The zero-order valence-corrected chi connectivity index (χ0v) is 12.0. The van der Waals surface area contributed by atoms with Crippen LogP contribution in [0.4, 0.5) is 5.69 Å². The first-order valence-electron chi connectivity index (χ1n) is 6.69. The molecule has 100 valence electrons. The average Bonchev–Trinajstić information content (AvgIpc) is 2.66. The van der Waals surface area contributed by atoms with Crippen molar-refractivity contribution in [3.05, 3.63) is 29.8 Å². The molecule has 1 aliphatic rings. The van der Waals surface area contributed by atoms with Gasteiger partial charge in [-0.25, -0.2) is 0 Å². The van der Waals surface area contributed by atoms with E-state index >= 15 is 0 Å². The molecule has 0 spiro atoms. The smallest absolute Gasteiger partial charge is 0.0662 e. The van der Waals surface area contributed by atoms with Crippen LogP contribution in [0.2, 0.25) is 0 Å². The highest BCUT2D eigenvalue weighted by molar-refractivity contribution is 5.50. The number of likely N-dealkylation sites (N-methyl/N-ethyl adjacent to an activating group) is 2. The van der Waals surface area contributed by atoms with E-state index in [9.17, 15) is 0 Å². The molecule has 3 nitrogen and oxygen atoms in total. The monoisotopic (exact) mass is 247 g/mol. The van der Waals surface area contributed by atoms with Crippen molar-refractivity contribution in [1.29, 1.82) is 0 Å². The van der Waals surface area contributed by atoms with Gasteiger partial charge in [-0.3, -0.25) is 0 Å². The van der Waals surface area contributed by atoms with E-state index in [1.54, 1.807) is 0 Å². The summed E-state index contributed by atoms with van der Waals surface area (Å²) in [6.45, 7) is 6.13. The molecule has 0 bridgehead atoms. The van der Waals surface area contributed by atoms with Crippen molar-refractivity contribution in [3.63, 3.8) is 0 Å². The second-order valence-corrected chi connectivity index (χ2v) is 5.79. The highest BCUT2D eigenvalue weighted by atomic mass is 15.3. The van der Waals surface area contributed by atoms with E-state index in [1.807, 2.05) is 0 Å². The number of benzene rings is 1. The van der Waals surface area contributed by atoms with Crippen molar-refractivity contribution in [2.75, 3.05) is 32.1 Å². The van der Waals surface area contributed by atoms with Crippen molar-refractivity contribution in [2.24, 2.45) is 5.73 Å². The largest absolute Gasteiger partial charge is 0.366 e. The van der Waals surface area contributed by atoms with Crippen LogP contribution in [-0.2, 0) is 0 Å². The van der Waals surface area contributed by atoms with Crippen LogP contribution in [0.15, 0.2) is 24.3 Å². The van der Waals surface area contributed by atoms with Crippen LogP contribution in [-0.4, -0.2) is 43.7 Å². The van der Waals surface area contributed by atoms with E-state index in [-0.39, 0.29) is 5.54 Å². The Kier molecular flexibility index (Phi) is 3.64. The lowest BCUT2D eigenvalue weighted by Gasteiger charge is -2.39. The molecule has 0 aromatic heterocycles. The fraction of sp³-hybridized carbons (Fsp3) is 0.600. The maximum Gasteiger partial charge on any atom is 0.0662 e. The normalized spacial score (nSPS) is 28.6. The Morgan fingerprint density at radius 1 is 1.39 bits per heavy atom. The van der Waals surface area contributed by atoms with Gasteiger partial charge in [0.1, 0.15) is 0 Å². The minimum absolute atomic E-state index is 0.0728. The molecule has 1 fully saturated rings. The van der Waals surface area contributed by atoms with Gasteiger partial charge in [-0.2, -0.15) is 0 Å². The molecule has 2 rings (SSSR count). The third-order valence-electron chi connectivity index (χ3n) is 4.48. The summed E-state index contributed by atoms with van der Waals surface area (Å²) in [5.41, 5.74) is 8.72. The molecular formula is C15H25N3. The summed E-state index contributed by atoms with van der Waals surface area (Å²) >= 11 is 0. The van der Waals surface area contributed by atoms with Gasteiger partial charge >= 0.3 is 0 Å². The number of hydrogen-bond acceptors (Lipinski definition) is 3. The molecule has 1 aromatic rings. The van der Waals surface area contributed by atoms with Gasteiger partial charge in [-0.15, -0.1) is 0 Å². The van der Waals surface area contributed by atoms with Crippen LogP contribution < -0.4 is 10.6 Å². The second kappa shape index (κ2) is 4.90. The summed E-state index contributed by atoms with van der Waals surface area (Å²) in [5.74, 6) is 0. The molecule has 2 unspecified atom stereocenters. The Hall–Kier alpha value is -1.06. The maximum atomic E-state index is 6.09. The van der Waals surface area contributed by atoms with Crippen LogP contribution in [0.5, 0.6) is 0 Å². The quantitative estimate of drug-likeness (QED) is 0.885. The van der Waals surface area contributed by atoms with E-state index in [0.29, 0.717) is 12.6 Å². The molecule has 1 saturated heterocycles. The summed E-state index contributed by atoms with van der Waals surface area (Å²) in [6.07, 6.45) is 1.13. The molecule has 1 aliphatic heterocycles. The van der Waals surface area contributed by atoms with Gasteiger partial charge in [0.2, 0.25) is 0 Å². The lowest BCUT2D eigenvalue weighted by Crippen LogP contribution is -2.54. The van der Waals surface area contributed by atoms with Gasteiger partial charge in [0.05, 0.1) is 5.54 Å². The van der Waals surface area contributed by atoms with Crippen molar-refractivity contribution in [1.82, 2.24) is 4.90 Å². The third-order valence-corrected chi connectivity index (χ3v) is 4.48. The van der Waals surface area contributed by atoms with Gasteiger partial charge in [0.15, 0.2) is 0 Å². The maximum absolute atomic E-state index is 6.09. The number of aryl methyl sites for hydroxylation is 1. The predicted octanol–water partition coefficient (Wildman–Crippen LogP) is 1.85. The predicted molar refractivity (Wildman–Crippen MR) is 78.1 cm³/mol. The second-order valence-electron chi connectivity index (χ2n) is 5.79. The first-order chi connectivity index (χ1) is 8.48. The molecule has 3 heteroatoms. The molecule has 1 aromatic carbocycles. The third kappa shape index (κ3) is 2.25. The summed E-state index contributed by atoms with van der Waals surface area (Å²) in [6, 6.07) is 9.31. The average molecular weight is 247 g/mol. The van der Waals surface area contributed by atoms with E-state index in [4.69, 9.17) is 5.73 Å². The Morgan fingerprint density at radius 2 is 2.00 bits per heavy atom. The molecule has 0 amide bonds. The lowest BCUT2D eigenvalue weighted by molar-refractivity contribution is 0.318. The Labute approximate surface area is 111 Å². The molecule has 0 saturated carbocycles. The molecule has 1 heterocycles. The van der Waals surface area contributed by atoms with Crippen LogP contribution >= 0.6 is 0 Å². The SMILES string of the molecule is Cc1ccc(N(C)C2(CN)CC(C)N(C)C2)cc1. The molecule has 2 N–H and O–H groups in total. The number of anilines is 1. The zero-order chi connectivity index (χ0) is 13.3. The number of rotatable bonds is 3. The van der Waals surface area contributed by atoms with E-state index < -0.39 is 0 Å². The van der Waals surface area contributed by atoms with Crippen molar-refractivity contribution in [2.45, 2.75) is 31.8 Å². The topological polar surface area (TPSA) is 32.5 Å². The van der Waals surface area contributed by atoms with Crippen LogP contribution in [0.3, 0.4) is 0 Å². The Morgan fingerprint density at radius 3 is 2.44 bits per heavy atom. The number of likely N-dealkylation sites (tertiary alicyclic amines) is 1. The molecule has 18 heavy (non-hydrogen) atoms. The van der Waals surface area contributed by atoms with E-state index in [2.05, 4.69) is 62.0 Å². The standard InChI is InChI=1S/C15H25N3/c1-12-5-7-14(8-6-12)18(4)15(10-16)9-13(2)17(3)11-15/h5-8,13H,9-11,16H2,1-4H3. The molecular weight excluding hydrogens is 222 g/mol.